The van der Waals surface area contributed by atoms with Crippen molar-refractivity contribution in [1.29, 1.82) is 0 Å². The van der Waals surface area contributed by atoms with Crippen molar-refractivity contribution in [1.82, 2.24) is 5.32 Å². The van der Waals surface area contributed by atoms with Gasteiger partial charge in [0.1, 0.15) is 23.6 Å². The van der Waals surface area contributed by atoms with Gasteiger partial charge >= 0.3 is 5.97 Å². The number of aliphatic hydroxyl groups is 1. The van der Waals surface area contributed by atoms with Crippen molar-refractivity contribution >= 4 is 41.0 Å². The fraction of sp³-hybridized carbons (Fsp3) is 0.100. The van der Waals surface area contributed by atoms with Gasteiger partial charge in [-0.25, -0.2) is 9.18 Å². The summed E-state index contributed by atoms with van der Waals surface area (Å²) in [6.45, 7) is 2.00. The van der Waals surface area contributed by atoms with Gasteiger partial charge in [0.25, 0.3) is 5.91 Å². The van der Waals surface area contributed by atoms with E-state index in [0.29, 0.717) is 51.2 Å². The molecule has 40 heavy (non-hydrogen) atoms. The molecule has 5 rings (SSSR count). The Morgan fingerprint density at radius 3 is 2.52 bits per heavy atom. The van der Waals surface area contributed by atoms with Gasteiger partial charge in [0, 0.05) is 22.7 Å². The van der Waals surface area contributed by atoms with Crippen LogP contribution >= 0.6 is 11.6 Å². The van der Waals surface area contributed by atoms with Crippen molar-refractivity contribution in [3.05, 3.63) is 118 Å². The Labute approximate surface area is 233 Å². The molecule has 8 nitrogen and oxygen atoms in total. The Bertz CT molecular complexity index is 1640. The van der Waals surface area contributed by atoms with E-state index in [4.69, 9.17) is 21.1 Å². The second-order valence-corrected chi connectivity index (χ2v) is 9.47. The van der Waals surface area contributed by atoms with Crippen LogP contribution in [0.25, 0.3) is 17.4 Å². The Hall–Kier alpha value is -4.57. The number of hydrogen-bond acceptors (Lipinski definition) is 6. The van der Waals surface area contributed by atoms with Crippen molar-refractivity contribution < 1.29 is 28.6 Å². The maximum atomic E-state index is 13.1. The molecule has 2 heterocycles. The molecule has 10 heteroatoms. The molecule has 0 saturated heterocycles. The van der Waals surface area contributed by atoms with Crippen LogP contribution in [0.1, 0.15) is 40.4 Å². The van der Waals surface area contributed by atoms with Crippen LogP contribution < -0.4 is 10.3 Å². The van der Waals surface area contributed by atoms with E-state index in [0.717, 1.165) is 5.56 Å². The Morgan fingerprint density at radius 2 is 1.82 bits per heavy atom. The van der Waals surface area contributed by atoms with E-state index >= 15 is 0 Å². The summed E-state index contributed by atoms with van der Waals surface area (Å²) >= 11 is 6.35. The molecular formula is C30H23ClFN3O5. The van der Waals surface area contributed by atoms with Gasteiger partial charge in [0.2, 0.25) is 0 Å². The molecule has 1 aromatic heterocycles. The first-order valence-electron chi connectivity index (χ1n) is 12.2. The number of amides is 1. The van der Waals surface area contributed by atoms with Crippen LogP contribution in [0.15, 0.2) is 94.0 Å². The highest BCUT2D eigenvalue weighted by Gasteiger charge is 2.29. The van der Waals surface area contributed by atoms with Crippen molar-refractivity contribution in [3.8, 4) is 11.3 Å². The number of furan rings is 1. The van der Waals surface area contributed by atoms with E-state index in [1.165, 1.54) is 41.4 Å². The summed E-state index contributed by atoms with van der Waals surface area (Å²) in [7, 11) is 0. The quantitative estimate of drug-likeness (QED) is 0.179. The number of carbonyl (C=O) groups excluding carboxylic acids is 1. The van der Waals surface area contributed by atoms with E-state index < -0.39 is 12.2 Å². The van der Waals surface area contributed by atoms with Crippen molar-refractivity contribution in [2.45, 2.75) is 19.7 Å². The zero-order chi connectivity index (χ0) is 28.4. The molecule has 0 spiro atoms. The van der Waals surface area contributed by atoms with E-state index in [1.807, 2.05) is 0 Å². The minimum atomic E-state index is -1.08. The number of hydrogen-bond donors (Lipinski definition) is 3. The molecule has 1 aliphatic rings. The molecule has 1 amide bonds. The number of carboxylic acid groups (broad SMARTS) is 1. The fourth-order valence-electron chi connectivity index (χ4n) is 4.17. The van der Waals surface area contributed by atoms with Gasteiger partial charge in [-0.05, 0) is 85.3 Å². The number of benzene rings is 3. The lowest BCUT2D eigenvalue weighted by Gasteiger charge is -2.15. The third kappa shape index (κ3) is 5.72. The molecule has 4 aromatic rings. The first-order valence-corrected chi connectivity index (χ1v) is 12.6. The Morgan fingerprint density at radius 1 is 1.10 bits per heavy atom. The summed E-state index contributed by atoms with van der Waals surface area (Å²) in [5.41, 5.74) is 3.27. The summed E-state index contributed by atoms with van der Waals surface area (Å²) in [6, 6.07) is 20.4. The lowest BCUT2D eigenvalue weighted by molar-refractivity contribution is -0.114. The number of carboxylic acids is 1. The molecule has 202 valence electrons. The highest BCUT2D eigenvalue weighted by atomic mass is 35.5. The van der Waals surface area contributed by atoms with E-state index in [1.54, 1.807) is 55.5 Å². The maximum Gasteiger partial charge on any atom is 0.335 e. The van der Waals surface area contributed by atoms with Crippen LogP contribution in [0.4, 0.5) is 10.1 Å². The molecule has 3 N–H and O–H groups in total. The van der Waals surface area contributed by atoms with Gasteiger partial charge in [0.05, 0.1) is 22.5 Å². The molecule has 0 radical (unpaired) electrons. The third-order valence-electron chi connectivity index (χ3n) is 6.32. The van der Waals surface area contributed by atoms with Gasteiger partial charge in [-0.3, -0.25) is 10.1 Å². The predicted molar refractivity (Wildman–Crippen MR) is 149 cm³/mol. The second-order valence-electron chi connectivity index (χ2n) is 9.06. The van der Waals surface area contributed by atoms with Crippen LogP contribution in [0.3, 0.4) is 0 Å². The van der Waals surface area contributed by atoms with Crippen LogP contribution in [-0.4, -0.2) is 27.8 Å². The van der Waals surface area contributed by atoms with Crippen LogP contribution in [0.5, 0.6) is 0 Å². The van der Waals surface area contributed by atoms with E-state index in [2.05, 4.69) is 10.4 Å². The minimum Gasteiger partial charge on any atom is -0.478 e. The molecule has 0 fully saturated rings. The second kappa shape index (κ2) is 11.3. The zero-order valence-electron chi connectivity index (χ0n) is 21.1. The topological polar surface area (TPSA) is 115 Å². The number of hydrazone groups is 1. The predicted octanol–water partition coefficient (Wildman–Crippen LogP) is 6.02. The third-order valence-corrected chi connectivity index (χ3v) is 6.67. The molecular weight excluding hydrogens is 537 g/mol. The molecule has 0 bridgehead atoms. The summed E-state index contributed by atoms with van der Waals surface area (Å²) in [4.78, 5) is 24.2. The molecule has 0 aliphatic carbocycles. The zero-order valence-corrected chi connectivity index (χ0v) is 21.9. The molecule has 0 saturated carbocycles. The van der Waals surface area contributed by atoms with Crippen molar-refractivity contribution in [2.75, 3.05) is 5.01 Å². The highest BCUT2D eigenvalue weighted by Crippen LogP contribution is 2.31. The number of halogens is 2. The average Bonchev–Trinajstić information content (AvgIpc) is 3.53. The van der Waals surface area contributed by atoms with Gasteiger partial charge in [0.15, 0.2) is 0 Å². The van der Waals surface area contributed by atoms with Crippen molar-refractivity contribution in [3.63, 3.8) is 0 Å². The monoisotopic (exact) mass is 559 g/mol. The molecule has 1 unspecified atom stereocenters. The SMILES string of the molecule is CC1=NN(c2ccc(C(=O)O)cc2)C(=O)/C1=C\c1ccc(-c2ccc(Cl)c(C(O)NCc3ccc(F)cc3)c2)o1. The maximum absolute atomic E-state index is 13.1. The number of nitrogens with one attached hydrogen (secondary N) is 1. The van der Waals surface area contributed by atoms with E-state index in [9.17, 15) is 19.1 Å². The standard InChI is InChI=1S/C30H23ClFN3O5/c1-17-24(29(37)35(34-17)22-9-4-19(5-10-22)30(38)39)15-23-11-13-27(40-23)20-6-12-26(31)25(14-20)28(36)33-16-18-2-7-21(32)8-3-18/h2-15,28,33,36H,16H2,1H3,(H,38,39)/b24-15-. The summed E-state index contributed by atoms with van der Waals surface area (Å²) in [5, 5.41) is 28.7. The van der Waals surface area contributed by atoms with Gasteiger partial charge in [-0.1, -0.05) is 23.7 Å². The smallest absolute Gasteiger partial charge is 0.335 e. The largest absolute Gasteiger partial charge is 0.478 e. The number of aromatic carboxylic acids is 1. The van der Waals surface area contributed by atoms with Crippen LogP contribution in [0, 0.1) is 5.82 Å². The fourth-order valence-corrected chi connectivity index (χ4v) is 4.39. The first kappa shape index (κ1) is 27.0. The van der Waals surface area contributed by atoms with E-state index in [-0.39, 0.29) is 17.3 Å². The molecule has 3 aromatic carbocycles. The van der Waals surface area contributed by atoms with Gasteiger partial charge in [-0.2, -0.15) is 10.1 Å². The van der Waals surface area contributed by atoms with Gasteiger partial charge in [-0.15, -0.1) is 0 Å². The van der Waals surface area contributed by atoms with Crippen LogP contribution in [-0.2, 0) is 11.3 Å². The number of nitrogens with zero attached hydrogens (tertiary/aromatic N) is 2. The van der Waals surface area contributed by atoms with Gasteiger partial charge < -0.3 is 14.6 Å². The summed E-state index contributed by atoms with van der Waals surface area (Å²) in [5.74, 6) is -0.851. The lowest BCUT2D eigenvalue weighted by Crippen LogP contribution is -2.21. The number of carbonyl (C=O) groups is 2. The number of aliphatic hydroxyl groups excluding tert-OH is 1. The number of anilines is 1. The first-order chi connectivity index (χ1) is 19.2. The normalized spacial score (nSPS) is 15.0. The molecule has 1 atom stereocenters. The number of rotatable bonds is 8. The summed E-state index contributed by atoms with van der Waals surface area (Å²) in [6.07, 6.45) is 0.506. The molecule has 1 aliphatic heterocycles. The van der Waals surface area contributed by atoms with Crippen LogP contribution in [0.2, 0.25) is 5.02 Å². The highest BCUT2D eigenvalue weighted by molar-refractivity contribution is 6.32. The summed E-state index contributed by atoms with van der Waals surface area (Å²) < 4.78 is 19.1. The Kier molecular flexibility index (Phi) is 7.61. The minimum absolute atomic E-state index is 0.108. The Balaban J connectivity index is 1.32. The average molecular weight is 560 g/mol. The van der Waals surface area contributed by atoms with Crippen molar-refractivity contribution in [2.24, 2.45) is 5.10 Å². The lowest BCUT2D eigenvalue weighted by atomic mass is 10.1.